The molecule has 0 saturated carbocycles. The minimum atomic E-state index is -1.23. The number of aromatic hydroxyl groups is 1. The van der Waals surface area contributed by atoms with E-state index in [9.17, 15) is 19.1 Å². The lowest BCUT2D eigenvalue weighted by atomic mass is 10.1. The number of fused-ring (bicyclic) bond motifs is 1. The van der Waals surface area contributed by atoms with Gasteiger partial charge in [0.1, 0.15) is 12.4 Å². The summed E-state index contributed by atoms with van der Waals surface area (Å²) < 4.78 is 18.8. The number of carboxylic acids is 1. The first kappa shape index (κ1) is 16.8. The molecule has 3 rings (SSSR count). The standard InChI is InChI=1S/C16H12FN3O4S/c1-7-15-11(12(20-25-15)8-4-2-3-5-9(8)17)14(23)13(19-7)16(24)18-6-10(21)22/h2-5,23H,6H2,1H3,(H,18,24)(H,21,22). The largest absolute Gasteiger partial charge is 0.505 e. The first-order valence-corrected chi connectivity index (χ1v) is 7.91. The number of carboxylic acid groups (broad SMARTS) is 1. The van der Waals surface area contributed by atoms with Gasteiger partial charge in [-0.1, -0.05) is 12.1 Å². The molecule has 0 radical (unpaired) electrons. The van der Waals surface area contributed by atoms with E-state index in [2.05, 4.69) is 14.7 Å². The number of carbonyl (C=O) groups is 2. The van der Waals surface area contributed by atoms with Crippen molar-refractivity contribution in [1.29, 1.82) is 0 Å². The number of rotatable bonds is 4. The lowest BCUT2D eigenvalue weighted by Crippen LogP contribution is -2.30. The fourth-order valence-electron chi connectivity index (χ4n) is 2.38. The molecule has 1 aromatic carbocycles. The van der Waals surface area contributed by atoms with E-state index in [1.807, 2.05) is 0 Å². The average Bonchev–Trinajstić information content (AvgIpc) is 3.02. The first-order chi connectivity index (χ1) is 11.9. The van der Waals surface area contributed by atoms with Gasteiger partial charge in [0.25, 0.3) is 5.91 Å². The number of carbonyl (C=O) groups excluding carboxylic acids is 1. The number of benzene rings is 1. The number of aryl methyl sites for hydroxylation is 1. The number of halogens is 1. The fraction of sp³-hybridized carbons (Fsp3) is 0.125. The van der Waals surface area contributed by atoms with Crippen molar-refractivity contribution in [2.45, 2.75) is 6.92 Å². The Bertz CT molecular complexity index is 1000. The van der Waals surface area contributed by atoms with Gasteiger partial charge < -0.3 is 15.5 Å². The van der Waals surface area contributed by atoms with Crippen LogP contribution in [0.4, 0.5) is 4.39 Å². The van der Waals surface area contributed by atoms with E-state index in [1.54, 1.807) is 13.0 Å². The van der Waals surface area contributed by atoms with Crippen molar-refractivity contribution < 1.29 is 24.2 Å². The van der Waals surface area contributed by atoms with E-state index in [1.165, 1.54) is 18.2 Å². The number of aliphatic carboxylic acids is 1. The Kier molecular flexibility index (Phi) is 4.32. The summed E-state index contributed by atoms with van der Waals surface area (Å²) >= 11 is 1.03. The zero-order valence-corrected chi connectivity index (χ0v) is 13.7. The van der Waals surface area contributed by atoms with Crippen LogP contribution in [0, 0.1) is 12.7 Å². The van der Waals surface area contributed by atoms with E-state index in [4.69, 9.17) is 5.11 Å². The monoisotopic (exact) mass is 361 g/mol. The van der Waals surface area contributed by atoms with Crippen molar-refractivity contribution in [3.05, 3.63) is 41.5 Å². The second-order valence-electron chi connectivity index (χ2n) is 5.19. The number of amides is 1. The second kappa shape index (κ2) is 6.44. The van der Waals surface area contributed by atoms with Crippen LogP contribution in [0.2, 0.25) is 0 Å². The van der Waals surface area contributed by atoms with E-state index in [-0.39, 0.29) is 22.3 Å². The minimum absolute atomic E-state index is 0.187. The highest BCUT2D eigenvalue weighted by Gasteiger charge is 2.24. The number of hydrogen-bond donors (Lipinski definition) is 3. The first-order valence-electron chi connectivity index (χ1n) is 7.14. The SMILES string of the molecule is Cc1nc(C(=O)NCC(=O)O)c(O)c2c(-c3ccccc3F)nsc12. The summed E-state index contributed by atoms with van der Waals surface area (Å²) in [6, 6.07) is 5.95. The molecule has 25 heavy (non-hydrogen) atoms. The number of aromatic nitrogens is 2. The Morgan fingerprint density at radius 3 is 2.72 bits per heavy atom. The third-order valence-electron chi connectivity index (χ3n) is 3.51. The van der Waals surface area contributed by atoms with Crippen molar-refractivity contribution in [2.75, 3.05) is 6.54 Å². The third-order valence-corrected chi connectivity index (χ3v) is 4.46. The molecule has 7 nitrogen and oxygen atoms in total. The van der Waals surface area contributed by atoms with Gasteiger partial charge >= 0.3 is 5.97 Å². The van der Waals surface area contributed by atoms with Gasteiger partial charge in [-0.25, -0.2) is 9.37 Å². The van der Waals surface area contributed by atoms with Gasteiger partial charge in [-0.3, -0.25) is 9.59 Å². The van der Waals surface area contributed by atoms with Gasteiger partial charge in [-0.2, -0.15) is 4.37 Å². The molecule has 0 aliphatic heterocycles. The fourth-order valence-corrected chi connectivity index (χ4v) is 3.22. The molecule has 0 aliphatic carbocycles. The quantitative estimate of drug-likeness (QED) is 0.657. The van der Waals surface area contributed by atoms with Crippen LogP contribution in [0.15, 0.2) is 24.3 Å². The number of pyridine rings is 1. The Labute approximate surface area is 144 Å². The summed E-state index contributed by atoms with van der Waals surface area (Å²) in [6.45, 7) is 1.01. The number of nitrogens with one attached hydrogen (secondary N) is 1. The summed E-state index contributed by atoms with van der Waals surface area (Å²) in [5, 5.41) is 21.5. The molecular formula is C16H12FN3O4S. The van der Waals surface area contributed by atoms with Crippen molar-refractivity contribution in [1.82, 2.24) is 14.7 Å². The van der Waals surface area contributed by atoms with Crippen LogP contribution in [0.5, 0.6) is 5.75 Å². The molecule has 2 aromatic heterocycles. The summed E-state index contributed by atoms with van der Waals surface area (Å²) in [7, 11) is 0. The van der Waals surface area contributed by atoms with Crippen LogP contribution in [-0.4, -0.2) is 38.0 Å². The van der Waals surface area contributed by atoms with Crippen LogP contribution in [0.3, 0.4) is 0 Å². The van der Waals surface area contributed by atoms with Crippen LogP contribution < -0.4 is 5.32 Å². The van der Waals surface area contributed by atoms with Crippen molar-refractivity contribution >= 4 is 33.5 Å². The van der Waals surface area contributed by atoms with E-state index >= 15 is 0 Å². The van der Waals surface area contributed by atoms with Crippen LogP contribution in [0.25, 0.3) is 21.3 Å². The van der Waals surface area contributed by atoms with Gasteiger partial charge in [-0.15, -0.1) is 0 Å². The molecule has 0 unspecified atom stereocenters. The van der Waals surface area contributed by atoms with E-state index in [0.717, 1.165) is 11.5 Å². The lowest BCUT2D eigenvalue weighted by molar-refractivity contribution is -0.135. The summed E-state index contributed by atoms with van der Waals surface area (Å²) in [5.74, 6) is -3.04. The Morgan fingerprint density at radius 2 is 2.04 bits per heavy atom. The number of hydrogen-bond acceptors (Lipinski definition) is 6. The second-order valence-corrected chi connectivity index (χ2v) is 5.96. The van der Waals surface area contributed by atoms with Gasteiger partial charge in [-0.05, 0) is 30.6 Å². The lowest BCUT2D eigenvalue weighted by Gasteiger charge is -2.08. The van der Waals surface area contributed by atoms with Crippen molar-refractivity contribution in [3.8, 4) is 17.0 Å². The van der Waals surface area contributed by atoms with Crippen LogP contribution in [-0.2, 0) is 4.79 Å². The van der Waals surface area contributed by atoms with Gasteiger partial charge in [0.15, 0.2) is 11.4 Å². The zero-order valence-electron chi connectivity index (χ0n) is 12.9. The molecule has 0 saturated heterocycles. The molecule has 128 valence electrons. The Balaban J connectivity index is 2.18. The topological polar surface area (TPSA) is 112 Å². The van der Waals surface area contributed by atoms with Gasteiger partial charge in [0.2, 0.25) is 0 Å². The van der Waals surface area contributed by atoms with Crippen LogP contribution in [0.1, 0.15) is 16.2 Å². The average molecular weight is 361 g/mol. The molecule has 0 atom stereocenters. The smallest absolute Gasteiger partial charge is 0.322 e. The molecule has 1 amide bonds. The minimum Gasteiger partial charge on any atom is -0.505 e. The molecular weight excluding hydrogens is 349 g/mol. The summed E-state index contributed by atoms with van der Waals surface area (Å²) in [5.41, 5.74) is 0.484. The molecule has 0 fully saturated rings. The molecule has 0 aliphatic rings. The maximum Gasteiger partial charge on any atom is 0.322 e. The van der Waals surface area contributed by atoms with Crippen LogP contribution >= 0.6 is 11.5 Å². The molecule has 9 heteroatoms. The molecule has 2 heterocycles. The Morgan fingerprint density at radius 1 is 1.32 bits per heavy atom. The normalized spacial score (nSPS) is 10.8. The molecule has 0 bridgehead atoms. The van der Waals surface area contributed by atoms with E-state index < -0.39 is 30.0 Å². The third kappa shape index (κ3) is 3.01. The van der Waals surface area contributed by atoms with Crippen molar-refractivity contribution in [3.63, 3.8) is 0 Å². The molecule has 0 spiro atoms. The molecule has 3 aromatic rings. The van der Waals surface area contributed by atoms with Gasteiger partial charge in [0, 0.05) is 5.56 Å². The maximum atomic E-state index is 14.1. The van der Waals surface area contributed by atoms with Gasteiger partial charge in [0.05, 0.1) is 21.5 Å². The summed E-state index contributed by atoms with van der Waals surface area (Å²) in [4.78, 5) is 26.7. The summed E-state index contributed by atoms with van der Waals surface area (Å²) in [6.07, 6.45) is 0. The van der Waals surface area contributed by atoms with E-state index in [0.29, 0.717) is 10.4 Å². The maximum absolute atomic E-state index is 14.1. The highest BCUT2D eigenvalue weighted by molar-refractivity contribution is 7.14. The molecule has 3 N–H and O–H groups in total. The zero-order chi connectivity index (χ0) is 18.1. The highest BCUT2D eigenvalue weighted by atomic mass is 32.1. The van der Waals surface area contributed by atoms with Crippen molar-refractivity contribution in [2.24, 2.45) is 0 Å². The Hall–Kier alpha value is -3.07. The highest BCUT2D eigenvalue weighted by Crippen LogP contribution is 2.40. The number of nitrogens with zero attached hydrogens (tertiary/aromatic N) is 2. The predicted molar refractivity (Wildman–Crippen MR) is 89.2 cm³/mol. The predicted octanol–water partition coefficient (Wildman–Crippen LogP) is 2.33.